The number of rotatable bonds is 2. The summed E-state index contributed by atoms with van der Waals surface area (Å²) < 4.78 is 31.3. The third-order valence-corrected chi connectivity index (χ3v) is 2.22. The first-order chi connectivity index (χ1) is 7.56. The van der Waals surface area contributed by atoms with Crippen LogP contribution < -0.4 is 5.73 Å². The highest BCUT2D eigenvalue weighted by Crippen LogP contribution is 2.25. The second-order valence-corrected chi connectivity index (χ2v) is 3.65. The molecule has 0 aliphatic carbocycles. The van der Waals surface area contributed by atoms with E-state index in [-0.39, 0.29) is 6.04 Å². The van der Waals surface area contributed by atoms with Crippen LogP contribution >= 0.6 is 0 Å². The zero-order chi connectivity index (χ0) is 11.7. The Hall–Kier alpha value is -1.68. The Labute approximate surface area is 91.7 Å². The molecule has 1 heterocycles. The first-order valence-electron chi connectivity index (χ1n) is 4.88. The van der Waals surface area contributed by atoms with Gasteiger partial charge in [0, 0.05) is 11.6 Å². The van der Waals surface area contributed by atoms with E-state index in [2.05, 4.69) is 0 Å². The summed E-state index contributed by atoms with van der Waals surface area (Å²) in [4.78, 5) is 0. The van der Waals surface area contributed by atoms with Crippen LogP contribution in [0.4, 0.5) is 8.78 Å². The molecule has 16 heavy (non-hydrogen) atoms. The van der Waals surface area contributed by atoms with Crippen molar-refractivity contribution in [1.29, 1.82) is 0 Å². The fraction of sp³-hybridized carbons (Fsp3) is 0.167. The maximum Gasteiger partial charge on any atom is 0.134 e. The molecule has 2 rings (SSSR count). The third-order valence-electron chi connectivity index (χ3n) is 2.22. The van der Waals surface area contributed by atoms with Gasteiger partial charge in [0.1, 0.15) is 23.2 Å². The van der Waals surface area contributed by atoms with E-state index < -0.39 is 11.6 Å². The van der Waals surface area contributed by atoms with E-state index in [1.807, 2.05) is 0 Å². The summed E-state index contributed by atoms with van der Waals surface area (Å²) in [7, 11) is 0. The van der Waals surface area contributed by atoms with Gasteiger partial charge in [-0.25, -0.2) is 8.78 Å². The van der Waals surface area contributed by atoms with E-state index in [0.29, 0.717) is 17.1 Å². The number of halogens is 2. The Morgan fingerprint density at radius 2 is 1.75 bits per heavy atom. The van der Waals surface area contributed by atoms with Crippen molar-refractivity contribution in [2.45, 2.75) is 13.0 Å². The standard InChI is InChI=1S/C12H11F2NO/c1-7(15)11-2-3-12(16-11)8-4-9(13)6-10(14)5-8/h2-7H,15H2,1H3. The molecule has 0 fully saturated rings. The molecule has 0 amide bonds. The maximum absolute atomic E-state index is 13.0. The highest BCUT2D eigenvalue weighted by molar-refractivity contribution is 5.57. The lowest BCUT2D eigenvalue weighted by Gasteiger charge is -2.00. The molecule has 1 aromatic heterocycles. The molecule has 84 valence electrons. The van der Waals surface area contributed by atoms with Crippen molar-refractivity contribution in [3.05, 3.63) is 47.7 Å². The summed E-state index contributed by atoms with van der Waals surface area (Å²) in [5, 5.41) is 0. The van der Waals surface area contributed by atoms with Crippen LogP contribution in [0.2, 0.25) is 0 Å². The molecule has 2 N–H and O–H groups in total. The van der Waals surface area contributed by atoms with Gasteiger partial charge in [-0.1, -0.05) is 0 Å². The zero-order valence-electron chi connectivity index (χ0n) is 8.71. The first-order valence-corrected chi connectivity index (χ1v) is 4.88. The highest BCUT2D eigenvalue weighted by Gasteiger charge is 2.09. The first kappa shape index (κ1) is 10.8. The third kappa shape index (κ3) is 2.12. The van der Waals surface area contributed by atoms with Crippen molar-refractivity contribution in [2.75, 3.05) is 0 Å². The summed E-state index contributed by atoms with van der Waals surface area (Å²) in [5.74, 6) is -0.270. The van der Waals surface area contributed by atoms with E-state index >= 15 is 0 Å². The minimum Gasteiger partial charge on any atom is -0.459 e. The average molecular weight is 223 g/mol. The molecule has 0 saturated heterocycles. The lowest BCUT2D eigenvalue weighted by molar-refractivity contribution is 0.490. The fourth-order valence-electron chi connectivity index (χ4n) is 1.45. The van der Waals surface area contributed by atoms with Gasteiger partial charge in [-0.05, 0) is 31.2 Å². The van der Waals surface area contributed by atoms with Crippen molar-refractivity contribution >= 4 is 0 Å². The Kier molecular flexibility index (Phi) is 2.75. The number of hydrogen-bond acceptors (Lipinski definition) is 2. The van der Waals surface area contributed by atoms with E-state index in [4.69, 9.17) is 10.2 Å². The van der Waals surface area contributed by atoms with Crippen LogP contribution in [-0.2, 0) is 0 Å². The van der Waals surface area contributed by atoms with E-state index in [0.717, 1.165) is 6.07 Å². The van der Waals surface area contributed by atoms with Gasteiger partial charge >= 0.3 is 0 Å². The monoisotopic (exact) mass is 223 g/mol. The average Bonchev–Trinajstić information content (AvgIpc) is 2.64. The number of benzene rings is 1. The Bertz CT molecular complexity index is 485. The van der Waals surface area contributed by atoms with Crippen molar-refractivity contribution in [2.24, 2.45) is 5.73 Å². The minimum absolute atomic E-state index is 0.243. The van der Waals surface area contributed by atoms with Crippen LogP contribution in [0.15, 0.2) is 34.7 Å². The van der Waals surface area contributed by atoms with Gasteiger partial charge in [0.05, 0.1) is 6.04 Å². The maximum atomic E-state index is 13.0. The Balaban J connectivity index is 2.42. The van der Waals surface area contributed by atoms with Gasteiger partial charge in [0.2, 0.25) is 0 Å². The second-order valence-electron chi connectivity index (χ2n) is 3.65. The van der Waals surface area contributed by atoms with Gasteiger partial charge in [0.15, 0.2) is 0 Å². The van der Waals surface area contributed by atoms with Gasteiger partial charge in [-0.15, -0.1) is 0 Å². The van der Waals surface area contributed by atoms with E-state index in [9.17, 15) is 8.78 Å². The molecule has 0 aliphatic heterocycles. The molecule has 2 aromatic rings. The van der Waals surface area contributed by atoms with Gasteiger partial charge in [-0.2, -0.15) is 0 Å². The molecular formula is C12H11F2NO. The molecule has 0 radical (unpaired) electrons. The highest BCUT2D eigenvalue weighted by atomic mass is 19.1. The fourth-order valence-corrected chi connectivity index (χ4v) is 1.45. The summed E-state index contributed by atoms with van der Waals surface area (Å²) in [6, 6.07) is 6.35. The Morgan fingerprint density at radius 1 is 1.12 bits per heavy atom. The van der Waals surface area contributed by atoms with E-state index in [1.54, 1.807) is 19.1 Å². The van der Waals surface area contributed by atoms with Crippen LogP contribution in [0.25, 0.3) is 11.3 Å². The molecule has 1 atom stereocenters. The summed E-state index contributed by atoms with van der Waals surface area (Å²) in [5.41, 5.74) is 5.99. The van der Waals surface area contributed by atoms with Crippen molar-refractivity contribution in [3.63, 3.8) is 0 Å². The molecule has 1 aromatic carbocycles. The molecule has 2 nitrogen and oxygen atoms in total. The second kappa shape index (κ2) is 4.06. The van der Waals surface area contributed by atoms with Gasteiger partial charge in [-0.3, -0.25) is 0 Å². The summed E-state index contributed by atoms with van der Waals surface area (Å²) >= 11 is 0. The van der Waals surface area contributed by atoms with Crippen LogP contribution in [-0.4, -0.2) is 0 Å². The van der Waals surface area contributed by atoms with Crippen LogP contribution in [0, 0.1) is 11.6 Å². The molecule has 4 heteroatoms. The van der Waals surface area contributed by atoms with E-state index in [1.165, 1.54) is 12.1 Å². The van der Waals surface area contributed by atoms with Crippen molar-refractivity contribution in [3.8, 4) is 11.3 Å². The van der Waals surface area contributed by atoms with Crippen LogP contribution in [0.3, 0.4) is 0 Å². The molecular weight excluding hydrogens is 212 g/mol. The lowest BCUT2D eigenvalue weighted by atomic mass is 10.1. The zero-order valence-corrected chi connectivity index (χ0v) is 8.71. The molecule has 0 saturated carbocycles. The molecule has 1 unspecified atom stereocenters. The Morgan fingerprint density at radius 3 is 2.25 bits per heavy atom. The summed E-state index contributed by atoms with van der Waals surface area (Å²) in [6.07, 6.45) is 0. The van der Waals surface area contributed by atoms with Crippen LogP contribution in [0.1, 0.15) is 18.7 Å². The topological polar surface area (TPSA) is 39.2 Å². The molecule has 0 spiro atoms. The molecule has 0 bridgehead atoms. The normalized spacial score (nSPS) is 12.8. The smallest absolute Gasteiger partial charge is 0.134 e. The number of hydrogen-bond donors (Lipinski definition) is 1. The predicted octanol–water partition coefficient (Wildman–Crippen LogP) is 3.24. The number of furan rings is 1. The lowest BCUT2D eigenvalue weighted by Crippen LogP contribution is -2.02. The quantitative estimate of drug-likeness (QED) is 0.848. The van der Waals surface area contributed by atoms with Gasteiger partial charge in [0.25, 0.3) is 0 Å². The van der Waals surface area contributed by atoms with Crippen LogP contribution in [0.5, 0.6) is 0 Å². The minimum atomic E-state index is -0.631. The largest absolute Gasteiger partial charge is 0.459 e. The predicted molar refractivity (Wildman–Crippen MR) is 56.7 cm³/mol. The van der Waals surface area contributed by atoms with Gasteiger partial charge < -0.3 is 10.2 Å². The SMILES string of the molecule is CC(N)c1ccc(-c2cc(F)cc(F)c2)o1. The van der Waals surface area contributed by atoms with Crippen molar-refractivity contribution < 1.29 is 13.2 Å². The van der Waals surface area contributed by atoms with Crippen molar-refractivity contribution in [1.82, 2.24) is 0 Å². The molecule has 0 aliphatic rings. The summed E-state index contributed by atoms with van der Waals surface area (Å²) in [6.45, 7) is 1.77. The number of nitrogens with two attached hydrogens (primary N) is 1.